The molecular formula is C9H14O2Si. The van der Waals surface area contributed by atoms with Crippen LogP contribution in [0, 0.1) is 0 Å². The highest BCUT2D eigenvalue weighted by Gasteiger charge is 2.38. The van der Waals surface area contributed by atoms with Gasteiger partial charge in [-0.25, -0.2) is 0 Å². The highest BCUT2D eigenvalue weighted by Crippen LogP contribution is 2.27. The SMILES string of the molecule is C1=CC[Si]2(C1)OC/C=C\CCO2. The zero-order chi connectivity index (χ0) is 8.28. The minimum Gasteiger partial charge on any atom is -0.394 e. The van der Waals surface area contributed by atoms with Gasteiger partial charge in [-0.15, -0.1) is 0 Å². The molecule has 2 nitrogen and oxygen atoms in total. The summed E-state index contributed by atoms with van der Waals surface area (Å²) >= 11 is 0. The molecule has 0 atom stereocenters. The Morgan fingerprint density at radius 1 is 0.917 bits per heavy atom. The molecule has 0 aliphatic carbocycles. The Morgan fingerprint density at radius 2 is 1.75 bits per heavy atom. The fourth-order valence-electron chi connectivity index (χ4n) is 1.59. The monoisotopic (exact) mass is 182 g/mol. The van der Waals surface area contributed by atoms with E-state index in [9.17, 15) is 0 Å². The Balaban J connectivity index is 2.00. The van der Waals surface area contributed by atoms with Crippen molar-refractivity contribution in [1.29, 1.82) is 0 Å². The minimum absolute atomic E-state index is 0.744. The Kier molecular flexibility index (Phi) is 2.44. The van der Waals surface area contributed by atoms with Crippen molar-refractivity contribution >= 4 is 8.56 Å². The number of rotatable bonds is 0. The van der Waals surface area contributed by atoms with Gasteiger partial charge in [0.1, 0.15) is 0 Å². The van der Waals surface area contributed by atoms with Crippen LogP contribution in [0.15, 0.2) is 24.3 Å². The van der Waals surface area contributed by atoms with Crippen molar-refractivity contribution in [3.8, 4) is 0 Å². The quantitative estimate of drug-likeness (QED) is 0.421. The van der Waals surface area contributed by atoms with Gasteiger partial charge in [-0.3, -0.25) is 0 Å². The molecule has 0 fully saturated rings. The van der Waals surface area contributed by atoms with Gasteiger partial charge >= 0.3 is 8.56 Å². The van der Waals surface area contributed by atoms with Crippen LogP contribution in [0.5, 0.6) is 0 Å². The first kappa shape index (κ1) is 8.23. The summed E-state index contributed by atoms with van der Waals surface area (Å²) in [4.78, 5) is 0. The average Bonchev–Trinajstić information content (AvgIpc) is 2.47. The average molecular weight is 182 g/mol. The van der Waals surface area contributed by atoms with Crippen molar-refractivity contribution in [2.45, 2.75) is 18.5 Å². The van der Waals surface area contributed by atoms with Crippen LogP contribution >= 0.6 is 0 Å². The Labute approximate surface area is 74.1 Å². The highest BCUT2D eigenvalue weighted by molar-refractivity contribution is 6.69. The smallest absolute Gasteiger partial charge is 0.346 e. The summed E-state index contributed by atoms with van der Waals surface area (Å²) in [6.45, 7) is 1.58. The number of allylic oxidation sites excluding steroid dienone is 2. The minimum atomic E-state index is -1.76. The summed E-state index contributed by atoms with van der Waals surface area (Å²) in [5.74, 6) is 0. The molecule has 2 aliphatic rings. The van der Waals surface area contributed by atoms with Crippen LogP contribution in [0.4, 0.5) is 0 Å². The fraction of sp³-hybridized carbons (Fsp3) is 0.556. The van der Waals surface area contributed by atoms with Gasteiger partial charge in [0, 0.05) is 18.7 Å². The van der Waals surface area contributed by atoms with Gasteiger partial charge < -0.3 is 8.85 Å². The van der Waals surface area contributed by atoms with E-state index in [-0.39, 0.29) is 0 Å². The van der Waals surface area contributed by atoms with E-state index in [0.717, 1.165) is 31.7 Å². The van der Waals surface area contributed by atoms with E-state index in [1.165, 1.54) is 0 Å². The molecule has 1 spiro atoms. The summed E-state index contributed by atoms with van der Waals surface area (Å²) in [5.41, 5.74) is 0. The predicted molar refractivity (Wildman–Crippen MR) is 50.2 cm³/mol. The summed E-state index contributed by atoms with van der Waals surface area (Å²) in [6, 6.07) is 2.08. The van der Waals surface area contributed by atoms with Crippen LogP contribution in [0.1, 0.15) is 6.42 Å². The van der Waals surface area contributed by atoms with Gasteiger partial charge in [-0.2, -0.15) is 0 Å². The Hall–Kier alpha value is -0.383. The normalized spacial score (nSPS) is 30.0. The van der Waals surface area contributed by atoms with Gasteiger partial charge in [0.05, 0.1) is 6.61 Å². The summed E-state index contributed by atoms with van der Waals surface area (Å²) in [6.07, 6.45) is 9.66. The molecule has 66 valence electrons. The summed E-state index contributed by atoms with van der Waals surface area (Å²) < 4.78 is 11.6. The van der Waals surface area contributed by atoms with Crippen LogP contribution in [0.3, 0.4) is 0 Å². The lowest BCUT2D eigenvalue weighted by atomic mass is 10.4. The summed E-state index contributed by atoms with van der Waals surface area (Å²) in [5, 5.41) is 0. The lowest BCUT2D eigenvalue weighted by molar-refractivity contribution is 0.187. The van der Waals surface area contributed by atoms with Crippen LogP contribution in [0.2, 0.25) is 12.1 Å². The van der Waals surface area contributed by atoms with Gasteiger partial charge in [-0.05, 0) is 6.42 Å². The molecule has 0 N–H and O–H groups in total. The maximum atomic E-state index is 5.83. The molecule has 0 unspecified atom stereocenters. The maximum Gasteiger partial charge on any atom is 0.346 e. The van der Waals surface area contributed by atoms with Crippen molar-refractivity contribution in [2.75, 3.05) is 13.2 Å². The number of hydrogen-bond acceptors (Lipinski definition) is 2. The van der Waals surface area contributed by atoms with E-state index in [2.05, 4.69) is 24.3 Å². The van der Waals surface area contributed by atoms with Gasteiger partial charge in [-0.1, -0.05) is 24.3 Å². The molecule has 0 radical (unpaired) electrons. The first-order valence-electron chi connectivity index (χ1n) is 4.49. The van der Waals surface area contributed by atoms with Crippen LogP contribution in [-0.2, 0) is 8.85 Å². The van der Waals surface area contributed by atoms with E-state index < -0.39 is 8.56 Å². The second kappa shape index (κ2) is 3.56. The van der Waals surface area contributed by atoms with Crippen molar-refractivity contribution in [3.63, 3.8) is 0 Å². The summed E-state index contributed by atoms with van der Waals surface area (Å²) in [7, 11) is -1.76. The van der Waals surface area contributed by atoms with Crippen molar-refractivity contribution in [3.05, 3.63) is 24.3 Å². The van der Waals surface area contributed by atoms with E-state index in [0.29, 0.717) is 0 Å². The predicted octanol–water partition coefficient (Wildman–Crippen LogP) is 1.99. The Morgan fingerprint density at radius 3 is 2.58 bits per heavy atom. The molecule has 2 rings (SSSR count). The zero-order valence-corrected chi connectivity index (χ0v) is 8.16. The fourth-order valence-corrected chi connectivity index (χ4v) is 4.25. The van der Waals surface area contributed by atoms with Crippen molar-refractivity contribution in [2.24, 2.45) is 0 Å². The van der Waals surface area contributed by atoms with E-state index >= 15 is 0 Å². The first-order chi connectivity index (χ1) is 5.91. The molecule has 2 aliphatic heterocycles. The number of hydrogen-bond donors (Lipinski definition) is 0. The van der Waals surface area contributed by atoms with E-state index in [4.69, 9.17) is 8.85 Å². The first-order valence-corrected chi connectivity index (χ1v) is 6.72. The molecular weight excluding hydrogens is 168 g/mol. The molecule has 0 aromatic rings. The molecule has 0 aromatic heterocycles. The molecule has 0 amide bonds. The van der Waals surface area contributed by atoms with Crippen LogP contribution in [0.25, 0.3) is 0 Å². The molecule has 0 bridgehead atoms. The highest BCUT2D eigenvalue weighted by atomic mass is 28.4. The zero-order valence-electron chi connectivity index (χ0n) is 7.16. The molecule has 3 heteroatoms. The van der Waals surface area contributed by atoms with Gasteiger partial charge in [0.2, 0.25) is 0 Å². The van der Waals surface area contributed by atoms with Gasteiger partial charge in [0.15, 0.2) is 0 Å². The van der Waals surface area contributed by atoms with Crippen LogP contribution in [-0.4, -0.2) is 21.8 Å². The molecule has 12 heavy (non-hydrogen) atoms. The second-order valence-corrected chi connectivity index (χ2v) is 6.43. The molecule has 0 saturated heterocycles. The van der Waals surface area contributed by atoms with E-state index in [1.807, 2.05) is 0 Å². The third kappa shape index (κ3) is 1.68. The molecule has 0 saturated carbocycles. The maximum absolute atomic E-state index is 5.83. The molecule has 2 heterocycles. The molecule has 0 aromatic carbocycles. The lowest BCUT2D eigenvalue weighted by Crippen LogP contribution is -2.40. The van der Waals surface area contributed by atoms with Crippen LogP contribution < -0.4 is 0 Å². The Bertz CT molecular complexity index is 203. The largest absolute Gasteiger partial charge is 0.394 e. The third-order valence-electron chi connectivity index (χ3n) is 2.28. The van der Waals surface area contributed by atoms with Gasteiger partial charge in [0.25, 0.3) is 0 Å². The standard InChI is InChI=1S/C9H14O2Si/c1-2-6-10-12(11-7-3-1)8-4-5-9-12/h1-2,4-5H,3,6-9H2/b2-1-. The van der Waals surface area contributed by atoms with Crippen molar-refractivity contribution in [1.82, 2.24) is 0 Å². The topological polar surface area (TPSA) is 18.5 Å². The third-order valence-corrected chi connectivity index (χ3v) is 5.42. The van der Waals surface area contributed by atoms with E-state index in [1.54, 1.807) is 0 Å². The second-order valence-electron chi connectivity index (χ2n) is 3.21. The van der Waals surface area contributed by atoms with Crippen molar-refractivity contribution < 1.29 is 8.85 Å². The lowest BCUT2D eigenvalue weighted by Gasteiger charge is -2.26.